The van der Waals surface area contributed by atoms with Crippen molar-refractivity contribution in [3.8, 4) is 5.75 Å². The normalized spacial score (nSPS) is 12.4. The van der Waals surface area contributed by atoms with Gasteiger partial charge in [-0.2, -0.15) is 0 Å². The predicted molar refractivity (Wildman–Crippen MR) is 144 cm³/mol. The molecule has 0 spiro atoms. The van der Waals surface area contributed by atoms with E-state index < -0.39 is 12.1 Å². The lowest BCUT2D eigenvalue weighted by molar-refractivity contribution is -0.149. The number of fused-ring (bicyclic) bond motifs is 1. The van der Waals surface area contributed by atoms with Crippen LogP contribution in [-0.2, 0) is 27.3 Å². The van der Waals surface area contributed by atoms with Gasteiger partial charge in [-0.3, -0.25) is 9.36 Å². The number of aromatic nitrogens is 1. The summed E-state index contributed by atoms with van der Waals surface area (Å²) >= 11 is 1.18. The lowest BCUT2D eigenvalue weighted by Gasteiger charge is -2.13. The fourth-order valence-corrected chi connectivity index (χ4v) is 4.95. The maximum Gasteiger partial charge on any atom is 0.333 e. The second kappa shape index (κ2) is 12.3. The van der Waals surface area contributed by atoms with Gasteiger partial charge in [-0.1, -0.05) is 65.0 Å². The Balaban J connectivity index is 1.43. The summed E-state index contributed by atoms with van der Waals surface area (Å²) in [7, 11) is 1.51. The third kappa shape index (κ3) is 6.44. The zero-order valence-electron chi connectivity index (χ0n) is 20.6. The van der Waals surface area contributed by atoms with E-state index in [4.69, 9.17) is 14.3 Å². The average Bonchev–Trinajstić information content (AvgIpc) is 3.22. The van der Waals surface area contributed by atoms with Crippen LogP contribution in [0, 0.1) is 0 Å². The number of benzene rings is 3. The van der Waals surface area contributed by atoms with Gasteiger partial charge in [-0.05, 0) is 36.8 Å². The molecule has 9 heteroatoms. The molecule has 1 aromatic heterocycles. The number of carboxylic acid groups (broad SMARTS) is 1. The highest BCUT2D eigenvalue weighted by Gasteiger charge is 2.18. The number of rotatable bonds is 12. The van der Waals surface area contributed by atoms with Gasteiger partial charge in [0.2, 0.25) is 0 Å². The zero-order chi connectivity index (χ0) is 26.2. The lowest BCUT2D eigenvalue weighted by atomic mass is 10.0. The maximum atomic E-state index is 12.7. The standard InChI is InChI=1S/C28H28N2O6S/c1-3-35-24(27(31)32)17-19-9-12-22(13-10-19)36-16-15-30-23-14-11-21(18-25(23)37-28(30)33)26(29-34-2)20-7-5-4-6-8-20/h4-14,18,24H,3,15-17H2,1-2H3,(H,31,32)/b29-26-. The summed E-state index contributed by atoms with van der Waals surface area (Å²) in [6.45, 7) is 2.81. The van der Waals surface area contributed by atoms with E-state index in [9.17, 15) is 14.7 Å². The molecule has 0 bridgehead atoms. The number of thiazole rings is 1. The number of nitrogens with zero attached hydrogens (tertiary/aromatic N) is 2. The highest BCUT2D eigenvalue weighted by atomic mass is 32.1. The largest absolute Gasteiger partial charge is 0.492 e. The van der Waals surface area contributed by atoms with Crippen LogP contribution in [0.25, 0.3) is 10.2 Å². The van der Waals surface area contributed by atoms with E-state index in [1.807, 2.05) is 60.7 Å². The molecule has 0 aliphatic heterocycles. The van der Waals surface area contributed by atoms with Gasteiger partial charge < -0.3 is 19.4 Å². The molecule has 0 saturated heterocycles. The molecule has 4 aromatic rings. The number of oxime groups is 1. The van der Waals surface area contributed by atoms with Crippen molar-refractivity contribution in [2.45, 2.75) is 26.0 Å². The molecule has 1 atom stereocenters. The summed E-state index contributed by atoms with van der Waals surface area (Å²) in [5.41, 5.74) is 4.15. The zero-order valence-corrected chi connectivity index (χ0v) is 21.4. The van der Waals surface area contributed by atoms with Crippen LogP contribution in [0.15, 0.2) is 82.7 Å². The molecule has 0 radical (unpaired) electrons. The first-order chi connectivity index (χ1) is 18.0. The average molecular weight is 521 g/mol. The van der Waals surface area contributed by atoms with E-state index in [-0.39, 0.29) is 11.3 Å². The van der Waals surface area contributed by atoms with Crippen LogP contribution >= 0.6 is 11.3 Å². The molecule has 8 nitrogen and oxygen atoms in total. The first kappa shape index (κ1) is 26.1. The smallest absolute Gasteiger partial charge is 0.333 e. The summed E-state index contributed by atoms with van der Waals surface area (Å²) in [6.07, 6.45) is -0.594. The fraction of sp³-hybridized carbons (Fsp3) is 0.250. The van der Waals surface area contributed by atoms with Crippen molar-refractivity contribution in [3.63, 3.8) is 0 Å². The number of carbonyl (C=O) groups is 1. The molecule has 4 rings (SSSR count). The summed E-state index contributed by atoms with van der Waals surface area (Å²) < 4.78 is 13.7. The van der Waals surface area contributed by atoms with Crippen LogP contribution in [-0.4, -0.2) is 47.8 Å². The molecule has 0 aliphatic carbocycles. The van der Waals surface area contributed by atoms with Crippen LogP contribution < -0.4 is 9.61 Å². The van der Waals surface area contributed by atoms with Crippen LogP contribution in [0.4, 0.5) is 0 Å². The Labute approximate surface area is 218 Å². The summed E-state index contributed by atoms with van der Waals surface area (Å²) in [5, 5.41) is 13.5. The van der Waals surface area contributed by atoms with E-state index in [1.165, 1.54) is 18.4 Å². The highest BCUT2D eigenvalue weighted by molar-refractivity contribution is 7.16. The summed E-state index contributed by atoms with van der Waals surface area (Å²) in [4.78, 5) is 29.0. The molecular weight excluding hydrogens is 492 g/mol. The molecule has 0 amide bonds. The minimum absolute atomic E-state index is 0.0633. The van der Waals surface area contributed by atoms with Crippen molar-refractivity contribution in [1.29, 1.82) is 0 Å². The van der Waals surface area contributed by atoms with E-state index in [0.717, 1.165) is 26.9 Å². The maximum absolute atomic E-state index is 12.7. The Morgan fingerprint density at radius 1 is 1.05 bits per heavy atom. The number of carboxylic acids is 1. The van der Waals surface area contributed by atoms with E-state index in [2.05, 4.69) is 5.16 Å². The molecule has 3 aromatic carbocycles. The van der Waals surface area contributed by atoms with Gasteiger partial charge >= 0.3 is 10.8 Å². The molecule has 1 N–H and O–H groups in total. The van der Waals surface area contributed by atoms with Crippen LogP contribution in [0.2, 0.25) is 0 Å². The molecule has 1 unspecified atom stereocenters. The molecule has 0 saturated carbocycles. The predicted octanol–water partition coefficient (Wildman–Crippen LogP) is 4.57. The Kier molecular flexibility index (Phi) is 8.71. The molecule has 0 aliphatic rings. The number of ether oxygens (including phenoxy) is 2. The van der Waals surface area contributed by atoms with Crippen LogP contribution in [0.3, 0.4) is 0 Å². The van der Waals surface area contributed by atoms with Crippen molar-refractivity contribution in [3.05, 3.63) is 99.2 Å². The van der Waals surface area contributed by atoms with Gasteiger partial charge in [-0.15, -0.1) is 0 Å². The Morgan fingerprint density at radius 2 is 1.81 bits per heavy atom. The van der Waals surface area contributed by atoms with Crippen molar-refractivity contribution < 1.29 is 24.2 Å². The SMILES string of the molecule is CCOC(Cc1ccc(OCCn2c(=O)sc3cc(/C(=N\OC)c4ccccc4)ccc32)cc1)C(=O)O. The highest BCUT2D eigenvalue weighted by Crippen LogP contribution is 2.22. The number of hydrogen-bond donors (Lipinski definition) is 1. The van der Waals surface area contributed by atoms with Crippen LogP contribution in [0.5, 0.6) is 5.75 Å². The first-order valence-electron chi connectivity index (χ1n) is 11.9. The van der Waals surface area contributed by atoms with Gasteiger partial charge in [-0.25, -0.2) is 4.79 Å². The van der Waals surface area contributed by atoms with E-state index in [1.54, 1.807) is 23.6 Å². The Morgan fingerprint density at radius 3 is 2.49 bits per heavy atom. The van der Waals surface area contributed by atoms with Gasteiger partial charge in [0.15, 0.2) is 6.10 Å². The van der Waals surface area contributed by atoms with Crippen LogP contribution in [0.1, 0.15) is 23.6 Å². The quantitative estimate of drug-likeness (QED) is 0.217. The first-order valence-corrected chi connectivity index (χ1v) is 12.7. The third-order valence-electron chi connectivity index (χ3n) is 5.74. The van der Waals surface area contributed by atoms with Crippen molar-refractivity contribution in [2.24, 2.45) is 5.16 Å². The van der Waals surface area contributed by atoms with Crippen molar-refractivity contribution in [1.82, 2.24) is 4.57 Å². The van der Waals surface area contributed by atoms with Crippen molar-refractivity contribution >= 4 is 33.2 Å². The Hall–Kier alpha value is -3.95. The van der Waals surface area contributed by atoms with Gasteiger partial charge in [0.05, 0.1) is 16.8 Å². The second-order valence-electron chi connectivity index (χ2n) is 8.17. The van der Waals surface area contributed by atoms with Crippen molar-refractivity contribution in [2.75, 3.05) is 20.3 Å². The lowest BCUT2D eigenvalue weighted by Crippen LogP contribution is -2.26. The monoisotopic (exact) mass is 520 g/mol. The summed E-state index contributed by atoms with van der Waals surface area (Å²) in [5.74, 6) is -0.338. The fourth-order valence-electron chi connectivity index (χ4n) is 3.99. The number of aliphatic carboxylic acids is 1. The molecule has 0 fully saturated rings. The molecule has 37 heavy (non-hydrogen) atoms. The topological polar surface area (TPSA) is 99.4 Å². The van der Waals surface area contributed by atoms with Gasteiger partial charge in [0.25, 0.3) is 0 Å². The van der Waals surface area contributed by atoms with E-state index in [0.29, 0.717) is 31.2 Å². The molecule has 1 heterocycles. The Bertz CT molecular complexity index is 1430. The second-order valence-corrected chi connectivity index (χ2v) is 9.16. The number of hydrogen-bond acceptors (Lipinski definition) is 7. The van der Waals surface area contributed by atoms with E-state index >= 15 is 0 Å². The summed E-state index contributed by atoms with van der Waals surface area (Å²) in [6, 6.07) is 22.8. The molecular formula is C28H28N2O6S. The van der Waals surface area contributed by atoms with Gasteiger partial charge in [0.1, 0.15) is 25.2 Å². The minimum Gasteiger partial charge on any atom is -0.492 e. The minimum atomic E-state index is -0.981. The van der Waals surface area contributed by atoms with Gasteiger partial charge in [0, 0.05) is 24.2 Å². The third-order valence-corrected chi connectivity index (χ3v) is 6.68. The molecule has 192 valence electrons.